The van der Waals surface area contributed by atoms with E-state index in [9.17, 15) is 9.59 Å². The maximum Gasteiger partial charge on any atom is 0.285 e. The summed E-state index contributed by atoms with van der Waals surface area (Å²) >= 11 is 6.43. The Balaban J connectivity index is 1.73. The number of nitrogens with one attached hydrogen (secondary N) is 1. The van der Waals surface area contributed by atoms with Gasteiger partial charge in [0.05, 0.1) is 4.91 Å². The molecule has 0 atom stereocenters. The van der Waals surface area contributed by atoms with Crippen LogP contribution in [0, 0.1) is 6.92 Å². The first-order chi connectivity index (χ1) is 12.9. The van der Waals surface area contributed by atoms with Crippen LogP contribution in [-0.2, 0) is 4.79 Å². The summed E-state index contributed by atoms with van der Waals surface area (Å²) in [7, 11) is 0. The molecule has 0 radical (unpaired) electrons. The Hall–Kier alpha value is -2.70. The summed E-state index contributed by atoms with van der Waals surface area (Å²) in [4.78, 5) is 25.5. The highest BCUT2D eigenvalue weighted by Crippen LogP contribution is 2.31. The highest BCUT2D eigenvalue weighted by atomic mass is 32.2. The third-order valence-corrected chi connectivity index (χ3v) is 5.18. The zero-order chi connectivity index (χ0) is 19.4. The average Bonchev–Trinajstić information content (AvgIpc) is 2.90. The number of nitrogens with zero attached hydrogens (tertiary/aromatic N) is 1. The van der Waals surface area contributed by atoms with E-state index in [1.807, 2.05) is 62.4 Å². The van der Waals surface area contributed by atoms with Crippen LogP contribution in [0.15, 0.2) is 71.2 Å². The third-order valence-electron chi connectivity index (χ3n) is 3.87. The van der Waals surface area contributed by atoms with Crippen LogP contribution in [-0.4, -0.2) is 21.1 Å². The number of carbonyl (C=O) groups is 2. The van der Waals surface area contributed by atoms with Crippen molar-refractivity contribution in [3.05, 3.63) is 87.8 Å². The molecule has 0 unspecified atom stereocenters. The molecule has 1 heterocycles. The molecule has 0 bridgehead atoms. The van der Waals surface area contributed by atoms with Gasteiger partial charge in [0, 0.05) is 5.56 Å². The highest BCUT2D eigenvalue weighted by Gasteiger charge is 2.33. The Morgan fingerprint density at radius 2 is 1.78 bits per heavy atom. The summed E-state index contributed by atoms with van der Waals surface area (Å²) in [5.74, 6) is -0.699. The predicted octanol–water partition coefficient (Wildman–Crippen LogP) is 4.49. The van der Waals surface area contributed by atoms with Gasteiger partial charge in [-0.2, -0.15) is 5.01 Å². The van der Waals surface area contributed by atoms with Crippen molar-refractivity contribution in [1.29, 1.82) is 0 Å². The normalized spacial score (nSPS) is 16.1. The largest absolute Gasteiger partial charge is 0.285 e. The van der Waals surface area contributed by atoms with E-state index in [1.54, 1.807) is 18.2 Å². The van der Waals surface area contributed by atoms with Crippen LogP contribution >= 0.6 is 24.0 Å². The lowest BCUT2D eigenvalue weighted by atomic mass is 10.1. The molecule has 1 aliphatic rings. The van der Waals surface area contributed by atoms with Gasteiger partial charge in [-0.05, 0) is 55.4 Å². The van der Waals surface area contributed by atoms with E-state index >= 15 is 0 Å². The van der Waals surface area contributed by atoms with Gasteiger partial charge in [0.1, 0.15) is 0 Å². The highest BCUT2D eigenvalue weighted by molar-refractivity contribution is 8.26. The van der Waals surface area contributed by atoms with Gasteiger partial charge in [0.2, 0.25) is 0 Å². The molecule has 3 rings (SSSR count). The lowest BCUT2D eigenvalue weighted by Crippen LogP contribution is -2.44. The molecular weight excluding hydrogens is 376 g/mol. The number of thioether (sulfide) groups is 1. The summed E-state index contributed by atoms with van der Waals surface area (Å²) in [6, 6.07) is 17.0. The second-order valence-corrected chi connectivity index (χ2v) is 7.80. The van der Waals surface area contributed by atoms with E-state index in [4.69, 9.17) is 12.2 Å². The minimum absolute atomic E-state index is 0.305. The van der Waals surface area contributed by atoms with Crippen LogP contribution < -0.4 is 5.43 Å². The molecule has 2 amide bonds. The molecule has 0 saturated carbocycles. The molecule has 0 aliphatic carbocycles. The summed E-state index contributed by atoms with van der Waals surface area (Å²) in [6.45, 7) is 3.87. The smallest absolute Gasteiger partial charge is 0.267 e. The number of amides is 2. The van der Waals surface area contributed by atoms with Crippen LogP contribution in [0.2, 0.25) is 0 Å². The van der Waals surface area contributed by atoms with E-state index in [1.165, 1.54) is 11.8 Å². The standard InChI is InChI=1S/C21H18N2O2S2/c1-14-8-10-17(11-9-14)19(24)22-23-20(25)18(27-21(23)26)13-15(2)12-16-6-4-3-5-7-16/h3-13H,1-2H3,(H,22,24)/b15-12+,18-13-. The first-order valence-electron chi connectivity index (χ1n) is 8.33. The predicted molar refractivity (Wildman–Crippen MR) is 114 cm³/mol. The first kappa shape index (κ1) is 19.1. The number of hydrazine groups is 1. The Bertz CT molecular complexity index is 948. The summed E-state index contributed by atoms with van der Waals surface area (Å²) in [5, 5.41) is 1.13. The van der Waals surface area contributed by atoms with Crippen molar-refractivity contribution in [2.75, 3.05) is 0 Å². The monoisotopic (exact) mass is 394 g/mol. The number of benzene rings is 2. The van der Waals surface area contributed by atoms with Gasteiger partial charge < -0.3 is 0 Å². The fraction of sp³-hybridized carbons (Fsp3) is 0.0952. The molecule has 0 aromatic heterocycles. The minimum atomic E-state index is -0.371. The fourth-order valence-electron chi connectivity index (χ4n) is 2.50. The molecule has 4 nitrogen and oxygen atoms in total. The van der Waals surface area contributed by atoms with Crippen LogP contribution in [0.3, 0.4) is 0 Å². The summed E-state index contributed by atoms with van der Waals surface area (Å²) < 4.78 is 0.305. The Morgan fingerprint density at radius 1 is 1.11 bits per heavy atom. The topological polar surface area (TPSA) is 49.4 Å². The Kier molecular flexibility index (Phi) is 5.88. The number of hydrogen-bond acceptors (Lipinski definition) is 4. The van der Waals surface area contributed by atoms with E-state index in [0.29, 0.717) is 14.8 Å². The van der Waals surface area contributed by atoms with Crippen LogP contribution in [0.4, 0.5) is 0 Å². The molecule has 2 aromatic rings. The van der Waals surface area contributed by atoms with Gasteiger partial charge in [-0.25, -0.2) is 0 Å². The number of carbonyl (C=O) groups excluding carboxylic acids is 2. The van der Waals surface area contributed by atoms with Crippen LogP contribution in [0.25, 0.3) is 6.08 Å². The van der Waals surface area contributed by atoms with Crippen molar-refractivity contribution < 1.29 is 9.59 Å². The molecule has 1 N–H and O–H groups in total. The first-order valence-corrected chi connectivity index (χ1v) is 9.55. The number of aryl methyl sites for hydroxylation is 1. The zero-order valence-corrected chi connectivity index (χ0v) is 16.6. The summed E-state index contributed by atoms with van der Waals surface area (Å²) in [6.07, 6.45) is 3.77. The quantitative estimate of drug-likeness (QED) is 0.613. The maximum absolute atomic E-state index is 12.6. The minimum Gasteiger partial charge on any atom is -0.267 e. The molecule has 0 spiro atoms. The van der Waals surface area contributed by atoms with Crippen LogP contribution in [0.1, 0.15) is 28.4 Å². The number of allylic oxidation sites excluding steroid dienone is 2. The third kappa shape index (κ3) is 4.72. The van der Waals surface area contributed by atoms with Crippen molar-refractivity contribution in [3.8, 4) is 0 Å². The second kappa shape index (κ2) is 8.33. The second-order valence-electron chi connectivity index (χ2n) is 6.12. The van der Waals surface area contributed by atoms with E-state index in [0.717, 1.165) is 21.7 Å². The molecular formula is C21H18N2O2S2. The fourth-order valence-corrected chi connectivity index (χ4v) is 3.72. The number of rotatable bonds is 4. The lowest BCUT2D eigenvalue weighted by Gasteiger charge is -2.15. The number of hydrogen-bond donors (Lipinski definition) is 1. The van der Waals surface area contributed by atoms with E-state index in [-0.39, 0.29) is 11.8 Å². The molecule has 27 heavy (non-hydrogen) atoms. The van der Waals surface area contributed by atoms with Crippen molar-refractivity contribution >= 4 is 46.2 Å². The average molecular weight is 395 g/mol. The van der Waals surface area contributed by atoms with Gasteiger partial charge in [0.25, 0.3) is 11.8 Å². The van der Waals surface area contributed by atoms with E-state index < -0.39 is 0 Å². The van der Waals surface area contributed by atoms with Crippen LogP contribution in [0.5, 0.6) is 0 Å². The van der Waals surface area contributed by atoms with Gasteiger partial charge in [0.15, 0.2) is 4.32 Å². The molecule has 1 fully saturated rings. The van der Waals surface area contributed by atoms with Crippen molar-refractivity contribution in [2.24, 2.45) is 0 Å². The Labute approximate surface area is 167 Å². The Morgan fingerprint density at radius 3 is 2.44 bits per heavy atom. The lowest BCUT2D eigenvalue weighted by molar-refractivity contribution is -0.123. The SMILES string of the molecule is CC(/C=C1\SC(=S)N(NC(=O)c2ccc(C)cc2)C1=O)=C\c1ccccc1. The van der Waals surface area contributed by atoms with Gasteiger partial charge in [-0.15, -0.1) is 0 Å². The van der Waals surface area contributed by atoms with Gasteiger partial charge >= 0.3 is 0 Å². The van der Waals surface area contributed by atoms with Gasteiger partial charge in [-0.1, -0.05) is 65.9 Å². The van der Waals surface area contributed by atoms with Crippen molar-refractivity contribution in [3.63, 3.8) is 0 Å². The molecule has 136 valence electrons. The van der Waals surface area contributed by atoms with Crippen molar-refractivity contribution in [1.82, 2.24) is 10.4 Å². The molecule has 1 saturated heterocycles. The van der Waals surface area contributed by atoms with E-state index in [2.05, 4.69) is 5.43 Å². The number of thiocarbonyl (C=S) groups is 1. The summed E-state index contributed by atoms with van der Waals surface area (Å²) in [5.41, 5.74) is 6.09. The van der Waals surface area contributed by atoms with Crippen molar-refractivity contribution in [2.45, 2.75) is 13.8 Å². The molecule has 6 heteroatoms. The molecule has 1 aliphatic heterocycles. The van der Waals surface area contributed by atoms with Gasteiger partial charge in [-0.3, -0.25) is 15.0 Å². The maximum atomic E-state index is 12.6. The zero-order valence-electron chi connectivity index (χ0n) is 14.9. The molecule has 2 aromatic carbocycles.